The highest BCUT2D eigenvalue weighted by atomic mass is 32.2. The Kier molecular flexibility index (Phi) is 10.4. The van der Waals surface area contributed by atoms with Gasteiger partial charge in [-0.3, -0.25) is 4.79 Å². The van der Waals surface area contributed by atoms with Crippen LogP contribution in [-0.2, 0) is 20.2 Å². The van der Waals surface area contributed by atoms with Gasteiger partial charge in [-0.2, -0.15) is 0 Å². The van der Waals surface area contributed by atoms with Crippen LogP contribution in [0.3, 0.4) is 0 Å². The molecular weight excluding hydrogens is 518 g/mol. The van der Waals surface area contributed by atoms with Crippen LogP contribution in [0.4, 0.5) is 17.1 Å². The second kappa shape index (κ2) is 13.7. The van der Waals surface area contributed by atoms with Crippen LogP contribution in [-0.4, -0.2) is 48.3 Å². The van der Waals surface area contributed by atoms with Crippen LogP contribution < -0.4 is 25.8 Å². The van der Waals surface area contributed by atoms with Crippen molar-refractivity contribution in [3.8, 4) is 11.5 Å². The number of hydrogen-bond acceptors (Lipinski definition) is 9. The number of benzene rings is 3. The Bertz CT molecular complexity index is 1380. The van der Waals surface area contributed by atoms with Crippen molar-refractivity contribution in [1.82, 2.24) is 0 Å². The van der Waals surface area contributed by atoms with E-state index in [-0.39, 0.29) is 29.8 Å². The van der Waals surface area contributed by atoms with E-state index in [1.165, 1.54) is 0 Å². The third-order valence-electron chi connectivity index (χ3n) is 6.35. The van der Waals surface area contributed by atoms with Crippen molar-refractivity contribution in [2.24, 2.45) is 0 Å². The minimum atomic E-state index is -2.76. The van der Waals surface area contributed by atoms with Crippen molar-refractivity contribution >= 4 is 33.7 Å². The highest BCUT2D eigenvalue weighted by Crippen LogP contribution is 2.39. The second-order valence-electron chi connectivity index (χ2n) is 9.08. The van der Waals surface area contributed by atoms with Gasteiger partial charge in [-0.1, -0.05) is 18.2 Å². The van der Waals surface area contributed by atoms with Gasteiger partial charge in [0.05, 0.1) is 31.5 Å². The maximum absolute atomic E-state index is 12.6. The van der Waals surface area contributed by atoms with Crippen molar-refractivity contribution in [3.63, 3.8) is 0 Å². The van der Waals surface area contributed by atoms with Crippen molar-refractivity contribution in [1.29, 1.82) is 0 Å². The molecule has 0 bridgehead atoms. The molecule has 0 saturated carbocycles. The van der Waals surface area contributed by atoms with E-state index in [9.17, 15) is 13.2 Å². The molecule has 0 aliphatic rings. The van der Waals surface area contributed by atoms with Crippen LogP contribution in [0.1, 0.15) is 41.5 Å². The van der Waals surface area contributed by atoms with Gasteiger partial charge in [-0.05, 0) is 73.4 Å². The lowest BCUT2D eigenvalue weighted by atomic mass is 9.87. The van der Waals surface area contributed by atoms with Crippen molar-refractivity contribution < 1.29 is 27.4 Å². The molecule has 210 valence electrons. The largest absolute Gasteiger partial charge is 0.494 e. The molecule has 0 spiro atoms. The van der Waals surface area contributed by atoms with Gasteiger partial charge in [0.1, 0.15) is 23.0 Å². The maximum Gasteiger partial charge on any atom is 0.306 e. The Morgan fingerprint density at radius 3 is 2.46 bits per heavy atom. The van der Waals surface area contributed by atoms with Crippen LogP contribution >= 0.6 is 0 Å². The second-order valence-corrected chi connectivity index (χ2v) is 10.1. The molecule has 0 heterocycles. The zero-order chi connectivity index (χ0) is 28.5. The smallest absolute Gasteiger partial charge is 0.306 e. The molecule has 0 aliphatic carbocycles. The number of nitrogens with one attached hydrogen (secondary N) is 2. The van der Waals surface area contributed by atoms with Crippen LogP contribution in [0.5, 0.6) is 11.5 Å². The average molecular weight is 556 g/mol. The molecule has 3 aromatic rings. The summed E-state index contributed by atoms with van der Waals surface area (Å²) in [5.41, 5.74) is 12.0. The van der Waals surface area contributed by atoms with Crippen molar-refractivity contribution in [3.05, 3.63) is 70.8 Å². The Labute approximate surface area is 231 Å². The number of thiol groups is 1. The normalized spacial score (nSPS) is 11.6. The summed E-state index contributed by atoms with van der Waals surface area (Å²) < 4.78 is 39.7. The number of hydrogen-bond donors (Lipinski definition) is 4. The SMILES string of the molecule is CCOC(=O)C[C@@H](c1ccc(C)c(NCCOc2cc(C)ccc2[SH](=O)=O)c1)c1cc(N)c(NC)c(OC)c1. The molecule has 0 fully saturated rings. The van der Waals surface area contributed by atoms with E-state index in [0.29, 0.717) is 36.0 Å². The number of anilines is 3. The summed E-state index contributed by atoms with van der Waals surface area (Å²) in [6, 6.07) is 14.7. The van der Waals surface area contributed by atoms with Crippen molar-refractivity contribution in [2.45, 2.75) is 38.0 Å². The standard InChI is InChI=1S/C29H37N3O6S/c1-6-37-28(33)17-22(21-14-23(30)29(31-4)26(16-21)36-5)20-9-8-19(3)24(15-20)32-11-12-38-25-13-18(2)7-10-27(25)39(34)35/h7-10,13-16,22,31-32,39H,6,11-12,17,30H2,1-5H3/t22-/m0/s1. The van der Waals surface area contributed by atoms with Crippen molar-refractivity contribution in [2.75, 3.05) is 50.3 Å². The molecule has 1 atom stereocenters. The number of esters is 1. The number of carbonyl (C=O) groups excluding carboxylic acids is 1. The number of nitrogen functional groups attached to an aromatic ring is 1. The summed E-state index contributed by atoms with van der Waals surface area (Å²) in [5.74, 6) is 0.280. The monoisotopic (exact) mass is 555 g/mol. The Morgan fingerprint density at radius 1 is 1.03 bits per heavy atom. The molecule has 0 aromatic heterocycles. The highest BCUT2D eigenvalue weighted by Gasteiger charge is 2.23. The summed E-state index contributed by atoms with van der Waals surface area (Å²) in [6.45, 7) is 6.63. The van der Waals surface area contributed by atoms with E-state index in [1.54, 1.807) is 39.3 Å². The molecule has 0 unspecified atom stereocenters. The molecule has 3 rings (SSSR count). The molecule has 10 heteroatoms. The third kappa shape index (κ3) is 7.57. The van der Waals surface area contributed by atoms with Gasteiger partial charge in [-0.25, -0.2) is 8.42 Å². The molecule has 39 heavy (non-hydrogen) atoms. The zero-order valence-corrected chi connectivity index (χ0v) is 23.9. The van der Waals surface area contributed by atoms with Crippen LogP contribution in [0.25, 0.3) is 0 Å². The first-order valence-electron chi connectivity index (χ1n) is 12.7. The first-order valence-corrected chi connectivity index (χ1v) is 13.9. The van der Waals surface area contributed by atoms with Crippen LogP contribution in [0.2, 0.25) is 0 Å². The zero-order valence-electron chi connectivity index (χ0n) is 23.0. The molecule has 0 amide bonds. The molecule has 3 aromatic carbocycles. The van der Waals surface area contributed by atoms with Gasteiger partial charge >= 0.3 is 5.97 Å². The highest BCUT2D eigenvalue weighted by molar-refractivity contribution is 7.72. The van der Waals surface area contributed by atoms with Gasteiger partial charge in [0.15, 0.2) is 10.7 Å². The summed E-state index contributed by atoms with van der Waals surface area (Å²) in [4.78, 5) is 12.7. The minimum Gasteiger partial charge on any atom is -0.494 e. The lowest BCUT2D eigenvalue weighted by Crippen LogP contribution is -2.15. The quantitative estimate of drug-likeness (QED) is 0.104. The molecule has 0 aliphatic heterocycles. The van der Waals surface area contributed by atoms with E-state index < -0.39 is 10.7 Å². The molecule has 9 nitrogen and oxygen atoms in total. The van der Waals surface area contributed by atoms with E-state index >= 15 is 0 Å². The summed E-state index contributed by atoms with van der Waals surface area (Å²) in [6.07, 6.45) is 0.129. The first-order chi connectivity index (χ1) is 18.7. The Hall–Kier alpha value is -3.92. The van der Waals surface area contributed by atoms with E-state index in [2.05, 4.69) is 10.6 Å². The Balaban J connectivity index is 1.86. The fraction of sp³-hybridized carbons (Fsp3) is 0.345. The third-order valence-corrected chi connectivity index (χ3v) is 7.12. The average Bonchev–Trinajstić information content (AvgIpc) is 2.90. The number of aryl methyl sites for hydroxylation is 2. The van der Waals surface area contributed by atoms with Gasteiger partial charge in [0.25, 0.3) is 0 Å². The van der Waals surface area contributed by atoms with E-state index in [0.717, 1.165) is 27.9 Å². The number of methoxy groups -OCH3 is 1. The lowest BCUT2D eigenvalue weighted by molar-refractivity contribution is -0.143. The topological polar surface area (TPSA) is 129 Å². The van der Waals surface area contributed by atoms with Gasteiger partial charge < -0.3 is 30.6 Å². The van der Waals surface area contributed by atoms with Gasteiger partial charge in [0.2, 0.25) is 0 Å². The molecule has 0 radical (unpaired) electrons. The van der Waals surface area contributed by atoms with E-state index in [4.69, 9.17) is 19.9 Å². The summed E-state index contributed by atoms with van der Waals surface area (Å²) in [5, 5.41) is 6.43. The van der Waals surface area contributed by atoms with Crippen LogP contribution in [0.15, 0.2) is 53.4 Å². The number of ether oxygens (including phenoxy) is 3. The first kappa shape index (κ1) is 29.6. The van der Waals surface area contributed by atoms with E-state index in [1.807, 2.05) is 44.2 Å². The summed E-state index contributed by atoms with van der Waals surface area (Å²) >= 11 is 0. The Morgan fingerprint density at radius 2 is 1.79 bits per heavy atom. The number of carbonyl (C=O) groups is 1. The van der Waals surface area contributed by atoms with Crippen LogP contribution in [0, 0.1) is 13.8 Å². The molecule has 0 saturated heterocycles. The summed E-state index contributed by atoms with van der Waals surface area (Å²) in [7, 11) is 0.587. The number of nitrogens with two attached hydrogens (primary N) is 1. The van der Waals surface area contributed by atoms with Gasteiger partial charge in [-0.15, -0.1) is 0 Å². The molecular formula is C29H37N3O6S. The maximum atomic E-state index is 12.6. The fourth-order valence-electron chi connectivity index (χ4n) is 4.38. The van der Waals surface area contributed by atoms with Gasteiger partial charge in [0, 0.05) is 25.2 Å². The fourth-order valence-corrected chi connectivity index (χ4v) is 4.89. The minimum absolute atomic E-state index is 0.129. The predicted molar refractivity (Wildman–Crippen MR) is 155 cm³/mol. The number of rotatable bonds is 13. The predicted octanol–water partition coefficient (Wildman–Crippen LogP) is 4.48. The lowest BCUT2D eigenvalue weighted by Gasteiger charge is -2.22. The molecule has 4 N–H and O–H groups in total.